The highest BCUT2D eigenvalue weighted by Gasteiger charge is 2.40. The number of carbonyl (C=O) groups excluding carboxylic acids is 2. The number of hydrogen-bond donors (Lipinski definition) is 1. The van der Waals surface area contributed by atoms with Crippen LogP contribution in [0.4, 0.5) is 0 Å². The highest BCUT2D eigenvalue weighted by atomic mass is 32.2. The molecule has 40 heavy (non-hydrogen) atoms. The van der Waals surface area contributed by atoms with Crippen LogP contribution in [0.2, 0.25) is 0 Å². The number of thioether (sulfide) groups is 1. The molecule has 0 radical (unpaired) electrons. The van der Waals surface area contributed by atoms with Gasteiger partial charge in [-0.15, -0.1) is 0 Å². The number of allylic oxidation sites excluding steroid dienone is 1. The molecule has 0 aliphatic carbocycles. The van der Waals surface area contributed by atoms with Crippen molar-refractivity contribution in [2.45, 2.75) is 31.9 Å². The van der Waals surface area contributed by atoms with Crippen LogP contribution in [0.25, 0.3) is 5.70 Å². The fourth-order valence-electron chi connectivity index (χ4n) is 4.74. The predicted molar refractivity (Wildman–Crippen MR) is 158 cm³/mol. The molecule has 0 unspecified atom stereocenters. The lowest BCUT2D eigenvalue weighted by Gasteiger charge is -2.33. The molecule has 0 aromatic heterocycles. The van der Waals surface area contributed by atoms with E-state index in [4.69, 9.17) is 9.47 Å². The van der Waals surface area contributed by atoms with Crippen molar-refractivity contribution < 1.29 is 19.1 Å². The summed E-state index contributed by atoms with van der Waals surface area (Å²) < 4.78 is 11.2. The molecule has 0 saturated heterocycles. The topological polar surface area (TPSA) is 88.4 Å². The van der Waals surface area contributed by atoms with E-state index in [2.05, 4.69) is 11.4 Å². The Balaban J connectivity index is 1.95. The number of carbonyl (C=O) groups is 2. The van der Waals surface area contributed by atoms with Crippen LogP contribution in [-0.4, -0.2) is 30.7 Å². The third-order valence-electron chi connectivity index (χ3n) is 6.63. The number of nitrogens with one attached hydrogen (secondary N) is 1. The molecule has 1 heterocycles. The third-order valence-corrected chi connectivity index (χ3v) is 8.20. The molecule has 1 aliphatic rings. The average molecular weight is 553 g/mol. The number of benzene rings is 3. The number of esters is 1. The highest BCUT2D eigenvalue weighted by Crippen LogP contribution is 2.47. The number of dihydropyridines is 1. The van der Waals surface area contributed by atoms with Gasteiger partial charge in [-0.1, -0.05) is 104 Å². The predicted octanol–water partition coefficient (Wildman–Crippen LogP) is 6.73. The molecule has 0 bridgehead atoms. The standard InChI is InChI=1S/C33H32N2O4S/c1-5-39-33(37)28-27(24-18-12-13-19-26(24)38-4)25(20-34)32(35-29(28)22-14-8-6-9-15-22)40-31(21(2)3)30(36)23-16-10-7-11-17-23/h6-19,21,27,31,35H,5H2,1-4H3/t27-,31+/m0/s1. The van der Waals surface area contributed by atoms with Gasteiger partial charge < -0.3 is 14.8 Å². The maximum absolute atomic E-state index is 13.7. The first kappa shape index (κ1) is 28.7. The lowest BCUT2D eigenvalue weighted by Crippen LogP contribution is -2.32. The largest absolute Gasteiger partial charge is 0.496 e. The van der Waals surface area contributed by atoms with E-state index in [0.717, 1.165) is 5.56 Å². The molecule has 1 aliphatic heterocycles. The molecule has 6 nitrogen and oxygen atoms in total. The third kappa shape index (κ3) is 5.98. The summed E-state index contributed by atoms with van der Waals surface area (Å²) in [4.78, 5) is 27.3. The van der Waals surface area contributed by atoms with E-state index in [-0.39, 0.29) is 18.3 Å². The maximum atomic E-state index is 13.7. The van der Waals surface area contributed by atoms with Crippen LogP contribution in [0.15, 0.2) is 101 Å². The fraction of sp³-hybridized carbons (Fsp3) is 0.242. The van der Waals surface area contributed by atoms with E-state index in [1.54, 1.807) is 32.2 Å². The first-order valence-corrected chi connectivity index (χ1v) is 14.1. The Morgan fingerprint density at radius 1 is 0.975 bits per heavy atom. The van der Waals surface area contributed by atoms with Gasteiger partial charge in [0.15, 0.2) is 5.78 Å². The van der Waals surface area contributed by atoms with Gasteiger partial charge in [-0.25, -0.2) is 4.79 Å². The lowest BCUT2D eigenvalue weighted by atomic mass is 9.81. The van der Waals surface area contributed by atoms with Crippen LogP contribution in [-0.2, 0) is 9.53 Å². The summed E-state index contributed by atoms with van der Waals surface area (Å²) in [5.41, 5.74) is 3.20. The molecule has 0 spiro atoms. The monoisotopic (exact) mass is 552 g/mol. The second-order valence-electron chi connectivity index (χ2n) is 9.54. The number of para-hydroxylation sites is 1. The molecule has 1 N–H and O–H groups in total. The number of nitrogens with zero attached hydrogens (tertiary/aromatic N) is 1. The summed E-state index contributed by atoms with van der Waals surface area (Å²) in [5.74, 6) is -0.822. The molecule has 0 amide bonds. The van der Waals surface area contributed by atoms with Crippen molar-refractivity contribution in [1.82, 2.24) is 5.32 Å². The second-order valence-corrected chi connectivity index (χ2v) is 10.7. The maximum Gasteiger partial charge on any atom is 0.337 e. The van der Waals surface area contributed by atoms with Crippen molar-refractivity contribution in [3.8, 4) is 11.8 Å². The van der Waals surface area contributed by atoms with Crippen molar-refractivity contribution in [2.24, 2.45) is 5.92 Å². The number of nitriles is 1. The van der Waals surface area contributed by atoms with Crippen LogP contribution >= 0.6 is 11.8 Å². The van der Waals surface area contributed by atoms with Crippen LogP contribution in [0.1, 0.15) is 48.2 Å². The van der Waals surface area contributed by atoms with Gasteiger partial charge in [0.05, 0.1) is 52.8 Å². The molecule has 7 heteroatoms. The normalized spacial score (nSPS) is 15.8. The van der Waals surface area contributed by atoms with Crippen molar-refractivity contribution in [3.05, 3.63) is 118 Å². The Morgan fingerprint density at radius 3 is 2.20 bits per heavy atom. The number of ether oxygens (including phenoxy) is 2. The van der Waals surface area contributed by atoms with E-state index >= 15 is 0 Å². The van der Waals surface area contributed by atoms with E-state index in [0.29, 0.717) is 38.7 Å². The smallest absolute Gasteiger partial charge is 0.337 e. The fourth-order valence-corrected chi connectivity index (χ4v) is 5.96. The molecule has 3 aromatic carbocycles. The second kappa shape index (κ2) is 13.2. The van der Waals surface area contributed by atoms with Crippen molar-refractivity contribution in [1.29, 1.82) is 5.26 Å². The quantitative estimate of drug-likeness (QED) is 0.220. The molecule has 0 fully saturated rings. The van der Waals surface area contributed by atoms with Crippen LogP contribution < -0.4 is 10.1 Å². The zero-order valence-corrected chi connectivity index (χ0v) is 23.8. The first-order chi connectivity index (χ1) is 19.4. The Morgan fingerprint density at radius 2 is 1.60 bits per heavy atom. The Hall–Kier alpha value is -4.28. The molecule has 204 valence electrons. The van der Waals surface area contributed by atoms with Gasteiger partial charge >= 0.3 is 5.97 Å². The van der Waals surface area contributed by atoms with Crippen molar-refractivity contribution in [3.63, 3.8) is 0 Å². The minimum absolute atomic E-state index is 0.0255. The number of rotatable bonds is 10. The first-order valence-electron chi connectivity index (χ1n) is 13.2. The Labute approximate surface area is 239 Å². The van der Waals surface area contributed by atoms with Gasteiger partial charge in [0, 0.05) is 11.1 Å². The van der Waals surface area contributed by atoms with Crippen molar-refractivity contribution >= 4 is 29.2 Å². The minimum atomic E-state index is -0.779. The van der Waals surface area contributed by atoms with E-state index < -0.39 is 17.1 Å². The molecule has 2 atom stereocenters. The summed E-state index contributed by atoms with van der Waals surface area (Å²) in [6.45, 7) is 5.91. The van der Waals surface area contributed by atoms with Gasteiger partial charge in [0.2, 0.25) is 0 Å². The molecular formula is C33H32N2O4S. The van der Waals surface area contributed by atoms with Crippen LogP contribution in [0.5, 0.6) is 5.75 Å². The zero-order valence-electron chi connectivity index (χ0n) is 23.0. The minimum Gasteiger partial charge on any atom is -0.496 e. The summed E-state index contributed by atoms with van der Waals surface area (Å²) in [7, 11) is 1.56. The van der Waals surface area contributed by atoms with E-state index in [1.807, 2.05) is 80.6 Å². The SMILES string of the molecule is CCOC(=O)C1=C(c2ccccc2)NC(S[C@@H](C(=O)c2ccccc2)C(C)C)=C(C#N)[C@@H]1c1ccccc1OC. The average Bonchev–Trinajstić information content (AvgIpc) is 2.99. The van der Waals surface area contributed by atoms with Gasteiger partial charge in [0.1, 0.15) is 5.75 Å². The molecule has 3 aromatic rings. The lowest BCUT2D eigenvalue weighted by molar-refractivity contribution is -0.138. The zero-order chi connectivity index (χ0) is 28.6. The van der Waals surface area contributed by atoms with Gasteiger partial charge in [-0.05, 0) is 24.5 Å². The summed E-state index contributed by atoms with van der Waals surface area (Å²) in [5, 5.41) is 14.0. The number of methoxy groups -OCH3 is 1. The number of ketones is 1. The van der Waals surface area contributed by atoms with Gasteiger partial charge in [0.25, 0.3) is 0 Å². The van der Waals surface area contributed by atoms with Gasteiger partial charge in [-0.2, -0.15) is 5.26 Å². The molecule has 4 rings (SSSR count). The van der Waals surface area contributed by atoms with Crippen molar-refractivity contribution in [2.75, 3.05) is 13.7 Å². The van der Waals surface area contributed by atoms with Gasteiger partial charge in [-0.3, -0.25) is 4.79 Å². The molecular weight excluding hydrogens is 520 g/mol. The van der Waals surface area contributed by atoms with E-state index in [9.17, 15) is 14.9 Å². The van der Waals surface area contributed by atoms with E-state index in [1.165, 1.54) is 11.8 Å². The Bertz CT molecular complexity index is 1470. The number of hydrogen-bond acceptors (Lipinski definition) is 7. The van der Waals surface area contributed by atoms with Crippen LogP contribution in [0.3, 0.4) is 0 Å². The summed E-state index contributed by atoms with van der Waals surface area (Å²) >= 11 is 1.32. The number of Topliss-reactive ketones (excluding diaryl/α,β-unsaturated/α-hetero) is 1. The van der Waals surface area contributed by atoms with Crippen LogP contribution in [0, 0.1) is 17.2 Å². The summed E-state index contributed by atoms with van der Waals surface area (Å²) in [6.07, 6.45) is 0. The highest BCUT2D eigenvalue weighted by molar-refractivity contribution is 8.04. The molecule has 0 saturated carbocycles. The Kier molecular flexibility index (Phi) is 9.47. The summed E-state index contributed by atoms with van der Waals surface area (Å²) in [6, 6.07) is 28.3.